The number of likely N-dealkylation sites (tertiary alicyclic amines) is 1. The zero-order valence-corrected chi connectivity index (χ0v) is 13.1. The number of piperidine rings is 1. The summed E-state index contributed by atoms with van der Waals surface area (Å²) in [5, 5.41) is 13.7. The number of aliphatic hydroxyl groups is 1. The fourth-order valence-corrected chi connectivity index (χ4v) is 4.35. The van der Waals surface area contributed by atoms with E-state index in [0.29, 0.717) is 18.7 Å². The highest BCUT2D eigenvalue weighted by Gasteiger charge is 2.41. The third kappa shape index (κ3) is 3.37. The molecule has 0 radical (unpaired) electrons. The Balaban J connectivity index is 1.56. The summed E-state index contributed by atoms with van der Waals surface area (Å²) in [5.74, 6) is 0.960. The first-order chi connectivity index (χ1) is 9.74. The third-order valence-electron chi connectivity index (χ3n) is 5.95. The van der Waals surface area contributed by atoms with Gasteiger partial charge in [-0.05, 0) is 70.4 Å². The first kappa shape index (κ1) is 14.8. The molecule has 3 rings (SSSR count). The Morgan fingerprint density at radius 1 is 1.15 bits per heavy atom. The molecular weight excluding hydrogens is 248 g/mol. The Kier molecular flexibility index (Phi) is 4.68. The van der Waals surface area contributed by atoms with Crippen molar-refractivity contribution < 1.29 is 5.11 Å². The highest BCUT2D eigenvalue weighted by Crippen LogP contribution is 2.36. The molecule has 1 aliphatic heterocycles. The molecule has 3 fully saturated rings. The van der Waals surface area contributed by atoms with Crippen molar-refractivity contribution in [2.75, 3.05) is 19.7 Å². The molecule has 2 atom stereocenters. The summed E-state index contributed by atoms with van der Waals surface area (Å²) in [6, 6.07) is 1.41. The molecule has 2 saturated carbocycles. The maximum atomic E-state index is 9.93. The summed E-state index contributed by atoms with van der Waals surface area (Å²) in [7, 11) is 0. The lowest BCUT2D eigenvalue weighted by Crippen LogP contribution is -2.57. The van der Waals surface area contributed by atoms with Gasteiger partial charge in [-0.3, -0.25) is 0 Å². The second-order valence-electron chi connectivity index (χ2n) is 7.49. The van der Waals surface area contributed by atoms with Crippen LogP contribution in [-0.4, -0.2) is 47.3 Å². The average Bonchev–Trinajstić information content (AvgIpc) is 3.31. The van der Waals surface area contributed by atoms with E-state index in [1.807, 2.05) is 0 Å². The third-order valence-corrected chi connectivity index (χ3v) is 5.95. The number of aliphatic hydroxyl groups excluding tert-OH is 1. The molecule has 0 aromatic carbocycles. The van der Waals surface area contributed by atoms with Crippen LogP contribution in [0.5, 0.6) is 0 Å². The monoisotopic (exact) mass is 280 g/mol. The van der Waals surface area contributed by atoms with E-state index in [1.54, 1.807) is 0 Å². The van der Waals surface area contributed by atoms with E-state index in [9.17, 15) is 5.11 Å². The topological polar surface area (TPSA) is 35.5 Å². The van der Waals surface area contributed by atoms with E-state index in [4.69, 9.17) is 0 Å². The van der Waals surface area contributed by atoms with Crippen LogP contribution >= 0.6 is 0 Å². The van der Waals surface area contributed by atoms with Gasteiger partial charge in [-0.1, -0.05) is 13.3 Å². The standard InChI is InChI=1S/C17H32N2O/c1-2-14-7-10-19(11-8-14)16-4-3-9-17(12-16,13-20)18-15-5-6-15/h14-16,18,20H,2-13H2,1H3. The Bertz CT molecular complexity index is 310. The Morgan fingerprint density at radius 3 is 2.50 bits per heavy atom. The highest BCUT2D eigenvalue weighted by molar-refractivity contribution is 5.01. The van der Waals surface area contributed by atoms with Gasteiger partial charge in [0.2, 0.25) is 0 Å². The maximum absolute atomic E-state index is 9.93. The molecule has 20 heavy (non-hydrogen) atoms. The van der Waals surface area contributed by atoms with Gasteiger partial charge in [0.05, 0.1) is 6.61 Å². The lowest BCUT2D eigenvalue weighted by Gasteiger charge is -2.46. The van der Waals surface area contributed by atoms with Crippen molar-refractivity contribution in [1.29, 1.82) is 0 Å². The van der Waals surface area contributed by atoms with Crippen molar-refractivity contribution in [1.82, 2.24) is 10.2 Å². The lowest BCUT2D eigenvalue weighted by atomic mass is 9.78. The van der Waals surface area contributed by atoms with Gasteiger partial charge in [-0.25, -0.2) is 0 Å². The molecule has 3 nitrogen and oxygen atoms in total. The second-order valence-corrected chi connectivity index (χ2v) is 7.49. The molecule has 0 amide bonds. The van der Waals surface area contributed by atoms with Crippen molar-refractivity contribution in [3.63, 3.8) is 0 Å². The summed E-state index contributed by atoms with van der Waals surface area (Å²) < 4.78 is 0. The zero-order chi connectivity index (χ0) is 14.0. The number of hydrogen-bond donors (Lipinski definition) is 2. The number of hydrogen-bond acceptors (Lipinski definition) is 3. The molecule has 1 saturated heterocycles. The van der Waals surface area contributed by atoms with Gasteiger partial charge in [-0.2, -0.15) is 0 Å². The van der Waals surface area contributed by atoms with E-state index < -0.39 is 0 Å². The van der Waals surface area contributed by atoms with Gasteiger partial charge < -0.3 is 15.3 Å². The van der Waals surface area contributed by atoms with Crippen LogP contribution in [0.2, 0.25) is 0 Å². The van der Waals surface area contributed by atoms with Crippen LogP contribution < -0.4 is 5.32 Å². The Hall–Kier alpha value is -0.120. The second kappa shape index (κ2) is 6.33. The van der Waals surface area contributed by atoms with Gasteiger partial charge in [0, 0.05) is 17.6 Å². The molecule has 2 N–H and O–H groups in total. The van der Waals surface area contributed by atoms with Gasteiger partial charge >= 0.3 is 0 Å². The van der Waals surface area contributed by atoms with Gasteiger partial charge in [0.15, 0.2) is 0 Å². The first-order valence-electron chi connectivity index (χ1n) is 8.87. The van der Waals surface area contributed by atoms with Gasteiger partial charge in [-0.15, -0.1) is 0 Å². The molecule has 0 spiro atoms. The van der Waals surface area contributed by atoms with Crippen LogP contribution in [-0.2, 0) is 0 Å². The molecule has 116 valence electrons. The predicted octanol–water partition coefficient (Wildman–Crippen LogP) is 2.53. The molecule has 0 aromatic rings. The molecule has 3 aliphatic rings. The SMILES string of the molecule is CCC1CCN(C2CCCC(CO)(NC3CC3)C2)CC1. The summed E-state index contributed by atoms with van der Waals surface area (Å²) in [5.41, 5.74) is 0.0334. The minimum atomic E-state index is 0.0334. The predicted molar refractivity (Wildman–Crippen MR) is 82.8 cm³/mol. The van der Waals surface area contributed by atoms with E-state index >= 15 is 0 Å². The molecule has 0 bridgehead atoms. The highest BCUT2D eigenvalue weighted by atomic mass is 16.3. The Morgan fingerprint density at radius 2 is 1.90 bits per heavy atom. The summed E-state index contributed by atoms with van der Waals surface area (Å²) >= 11 is 0. The van der Waals surface area contributed by atoms with E-state index in [-0.39, 0.29) is 5.54 Å². The van der Waals surface area contributed by atoms with Gasteiger partial charge in [0.25, 0.3) is 0 Å². The number of rotatable bonds is 5. The summed E-state index contributed by atoms with van der Waals surface area (Å²) in [6.45, 7) is 5.23. The van der Waals surface area contributed by atoms with Crippen LogP contribution in [0, 0.1) is 5.92 Å². The quantitative estimate of drug-likeness (QED) is 0.812. The minimum Gasteiger partial charge on any atom is -0.394 e. The van der Waals surface area contributed by atoms with Crippen LogP contribution in [0.1, 0.15) is 64.7 Å². The maximum Gasteiger partial charge on any atom is 0.0613 e. The van der Waals surface area contributed by atoms with Crippen LogP contribution in [0.15, 0.2) is 0 Å². The summed E-state index contributed by atoms with van der Waals surface area (Å²) in [6.07, 6.45) is 11.7. The van der Waals surface area contributed by atoms with E-state index in [0.717, 1.165) is 12.3 Å². The van der Waals surface area contributed by atoms with Crippen LogP contribution in [0.3, 0.4) is 0 Å². The molecule has 3 heteroatoms. The average molecular weight is 280 g/mol. The van der Waals surface area contributed by atoms with Crippen LogP contribution in [0.25, 0.3) is 0 Å². The smallest absolute Gasteiger partial charge is 0.0613 e. The Labute approximate surface area is 124 Å². The van der Waals surface area contributed by atoms with Crippen molar-refractivity contribution in [2.24, 2.45) is 5.92 Å². The first-order valence-corrected chi connectivity index (χ1v) is 8.87. The molecule has 0 aromatic heterocycles. The minimum absolute atomic E-state index is 0.0334. The normalized spacial score (nSPS) is 37.2. The van der Waals surface area contributed by atoms with Crippen molar-refractivity contribution in [3.8, 4) is 0 Å². The molecule has 2 unspecified atom stereocenters. The van der Waals surface area contributed by atoms with Crippen molar-refractivity contribution in [3.05, 3.63) is 0 Å². The van der Waals surface area contributed by atoms with E-state index in [1.165, 1.54) is 64.5 Å². The summed E-state index contributed by atoms with van der Waals surface area (Å²) in [4.78, 5) is 2.73. The van der Waals surface area contributed by atoms with E-state index in [2.05, 4.69) is 17.1 Å². The molecular formula is C17H32N2O. The molecule has 1 heterocycles. The van der Waals surface area contributed by atoms with Crippen molar-refractivity contribution in [2.45, 2.75) is 82.3 Å². The van der Waals surface area contributed by atoms with Crippen LogP contribution in [0.4, 0.5) is 0 Å². The lowest BCUT2D eigenvalue weighted by molar-refractivity contribution is 0.0413. The number of nitrogens with zero attached hydrogens (tertiary/aromatic N) is 1. The van der Waals surface area contributed by atoms with Gasteiger partial charge in [0.1, 0.15) is 0 Å². The fourth-order valence-electron chi connectivity index (χ4n) is 4.35. The number of nitrogens with one attached hydrogen (secondary N) is 1. The molecule has 2 aliphatic carbocycles. The van der Waals surface area contributed by atoms with Crippen molar-refractivity contribution >= 4 is 0 Å². The zero-order valence-electron chi connectivity index (χ0n) is 13.1. The fraction of sp³-hybridized carbons (Fsp3) is 1.00. The largest absolute Gasteiger partial charge is 0.394 e.